The average Bonchev–Trinajstić information content (AvgIpc) is 4.03. The Morgan fingerprint density at radius 2 is 0.853 bits per heavy atom. The molecule has 68 heavy (non-hydrogen) atoms. The van der Waals surface area contributed by atoms with E-state index in [0.29, 0.717) is 29.3 Å². The molecule has 356 valence electrons. The summed E-state index contributed by atoms with van der Waals surface area (Å²) in [6.07, 6.45) is 4.53. The van der Waals surface area contributed by atoms with Gasteiger partial charge in [-0.2, -0.15) is 4.99 Å². The maximum absolute atomic E-state index is 5.85. The van der Waals surface area contributed by atoms with E-state index in [1.165, 1.54) is 28.4 Å². The van der Waals surface area contributed by atoms with Crippen LogP contribution < -0.4 is 16.4 Å². The Hall–Kier alpha value is -4.53. The van der Waals surface area contributed by atoms with Gasteiger partial charge in [0.15, 0.2) is 5.11 Å². The number of aliphatic imine (C=N–C) groups is 1. The van der Waals surface area contributed by atoms with Gasteiger partial charge in [-0.25, -0.2) is 0 Å². The molecule has 6 aromatic rings. The Bertz CT molecular complexity index is 2260. The normalized spacial score (nSPS) is 16.5. The third-order valence-corrected chi connectivity index (χ3v) is 18.9. The highest BCUT2D eigenvalue weighted by Gasteiger charge is 2.39. The van der Waals surface area contributed by atoms with E-state index >= 15 is 0 Å². The quantitative estimate of drug-likeness (QED) is 0.0359. The minimum atomic E-state index is -0.414. The van der Waals surface area contributed by atoms with Crippen molar-refractivity contribution in [2.75, 3.05) is 56.9 Å². The van der Waals surface area contributed by atoms with Gasteiger partial charge >= 0.3 is 0 Å². The van der Waals surface area contributed by atoms with E-state index in [9.17, 15) is 0 Å². The van der Waals surface area contributed by atoms with Gasteiger partial charge in [-0.1, -0.05) is 158 Å². The third kappa shape index (κ3) is 15.7. The van der Waals surface area contributed by atoms with Crippen LogP contribution in [0.3, 0.4) is 0 Å². The fourth-order valence-electron chi connectivity index (χ4n) is 8.78. The van der Waals surface area contributed by atoms with E-state index in [2.05, 4.69) is 201 Å². The summed E-state index contributed by atoms with van der Waals surface area (Å²) in [5, 5.41) is 9.65. The van der Waals surface area contributed by atoms with Crippen molar-refractivity contribution < 1.29 is 0 Å². The fourth-order valence-corrected chi connectivity index (χ4v) is 15.0. The Balaban J connectivity index is 0.000000195. The molecular formula is C56H70N8P2S2. The van der Waals surface area contributed by atoms with E-state index in [4.69, 9.17) is 18.0 Å². The lowest BCUT2D eigenvalue weighted by molar-refractivity contribution is 0.377. The lowest BCUT2D eigenvalue weighted by Gasteiger charge is -2.37. The van der Waals surface area contributed by atoms with Gasteiger partial charge in [0.1, 0.15) is 0 Å². The number of rotatable bonds is 17. The SMILES string of the molecule is C[C@@H](c1ccccc1)N1CCN([C@@H](C)c2ccccc2)P1CCCN.C[C@@H](c1ccccc1)N1CCN([C@@H](C)c2ccccc2)P1CCCNC(=S)Nc1ccccc1.S=C=Nc1ccccc1. The van der Waals surface area contributed by atoms with Crippen LogP contribution in [0.2, 0.25) is 0 Å². The molecule has 4 atom stereocenters. The first kappa shape index (κ1) is 52.8. The van der Waals surface area contributed by atoms with E-state index in [-0.39, 0.29) is 8.22 Å². The second-order valence-electron chi connectivity index (χ2n) is 17.0. The molecular weight excluding hydrogens is 911 g/mol. The lowest BCUT2D eigenvalue weighted by Crippen LogP contribution is -2.30. The topological polar surface area (TPSA) is 75.4 Å². The van der Waals surface area contributed by atoms with E-state index < -0.39 is 8.22 Å². The van der Waals surface area contributed by atoms with Crippen molar-refractivity contribution in [2.24, 2.45) is 10.7 Å². The lowest BCUT2D eigenvalue weighted by atomic mass is 10.1. The molecule has 0 aliphatic carbocycles. The van der Waals surface area contributed by atoms with E-state index in [1.54, 1.807) is 0 Å². The van der Waals surface area contributed by atoms with Crippen LogP contribution in [-0.2, 0) is 0 Å². The number of nitrogens with two attached hydrogens (primary N) is 1. The summed E-state index contributed by atoms with van der Waals surface area (Å²) in [4.78, 5) is 3.77. The van der Waals surface area contributed by atoms with Crippen molar-refractivity contribution >= 4 is 62.5 Å². The van der Waals surface area contributed by atoms with E-state index in [1.807, 2.05) is 60.7 Å². The monoisotopic (exact) mass is 980 g/mol. The first-order valence-corrected chi connectivity index (χ1v) is 27.7. The largest absolute Gasteiger partial charge is 0.362 e. The maximum Gasteiger partial charge on any atom is 0.170 e. The summed E-state index contributed by atoms with van der Waals surface area (Å²) < 4.78 is 10.9. The molecule has 2 aliphatic heterocycles. The number of anilines is 1. The number of benzene rings is 6. The van der Waals surface area contributed by atoms with Gasteiger partial charge in [-0.15, -0.1) is 0 Å². The minimum Gasteiger partial charge on any atom is -0.362 e. The Morgan fingerprint density at radius 3 is 1.19 bits per heavy atom. The summed E-state index contributed by atoms with van der Waals surface area (Å²) >= 11 is 9.92. The number of nitrogens with one attached hydrogen (secondary N) is 2. The van der Waals surface area contributed by atoms with Crippen LogP contribution in [-0.4, -0.2) is 80.5 Å². The van der Waals surface area contributed by atoms with Gasteiger partial charge in [0, 0.05) is 79.0 Å². The molecule has 0 aromatic heterocycles. The van der Waals surface area contributed by atoms with Gasteiger partial charge in [0.2, 0.25) is 0 Å². The van der Waals surface area contributed by atoms with Crippen LogP contribution in [0.4, 0.5) is 11.4 Å². The van der Waals surface area contributed by atoms with Crippen molar-refractivity contribution in [1.82, 2.24) is 24.0 Å². The number of nitrogens with zero attached hydrogens (tertiary/aromatic N) is 5. The summed E-state index contributed by atoms with van der Waals surface area (Å²) in [6, 6.07) is 65.0. The molecule has 12 heteroatoms. The zero-order chi connectivity index (χ0) is 47.9. The number of hydrogen-bond donors (Lipinski definition) is 3. The fraction of sp³-hybridized carbons (Fsp3) is 0.321. The van der Waals surface area contributed by atoms with Crippen molar-refractivity contribution in [1.29, 1.82) is 0 Å². The Labute approximate surface area is 420 Å². The Kier molecular flexibility index (Phi) is 22.4. The third-order valence-electron chi connectivity index (χ3n) is 12.6. The standard InChI is InChI=1S/C28H35N4PS.C21H30N3P.C7H5NS/c1-23(25-13-6-3-7-14-25)31-20-21-32(24(2)26-15-8-4-9-16-26)33(31)22-12-19-29-28(34)30-27-17-10-5-11-18-27;1-18(20-10-5-3-6-11-20)23-15-16-24(25(23)17-9-14-22)19(2)21-12-7-4-8-13-21;9-6-8-7-4-2-1-3-5-7/h3-11,13-18,23-24H,12,19-22H2,1-2H3,(H2,29,30,34);3-8,10-13,18-19H,9,14-17,22H2,1-2H3;1-5H/t23-,24-;18-,19-;/m00./s1. The summed E-state index contributed by atoms with van der Waals surface area (Å²) in [6.45, 7) is 15.6. The first-order valence-electron chi connectivity index (χ1n) is 24.0. The molecule has 8 rings (SSSR count). The van der Waals surface area contributed by atoms with Crippen LogP contribution >= 0.6 is 40.9 Å². The number of thiocarbonyl (C=S) groups is 2. The molecule has 2 aliphatic rings. The maximum atomic E-state index is 5.85. The van der Waals surface area contributed by atoms with Crippen molar-refractivity contribution in [3.05, 3.63) is 204 Å². The van der Waals surface area contributed by atoms with Gasteiger partial charge in [0.25, 0.3) is 0 Å². The number of isothiocyanates is 1. The molecule has 0 amide bonds. The summed E-state index contributed by atoms with van der Waals surface area (Å²) in [7, 11) is -0.731. The van der Waals surface area contributed by atoms with Gasteiger partial charge in [-0.05, 0) is 130 Å². The average molecular weight is 981 g/mol. The van der Waals surface area contributed by atoms with Gasteiger partial charge in [0.05, 0.1) is 10.8 Å². The van der Waals surface area contributed by atoms with Crippen LogP contribution in [0.25, 0.3) is 0 Å². The number of hydrogen-bond acceptors (Lipinski definition) is 8. The molecule has 6 aromatic carbocycles. The molecule has 0 radical (unpaired) electrons. The number of para-hydroxylation sites is 2. The van der Waals surface area contributed by atoms with E-state index in [0.717, 1.165) is 69.6 Å². The molecule has 2 fully saturated rings. The molecule has 0 bridgehead atoms. The van der Waals surface area contributed by atoms with Crippen molar-refractivity contribution in [3.63, 3.8) is 0 Å². The minimum absolute atomic E-state index is 0.317. The second-order valence-corrected chi connectivity index (χ2v) is 22.0. The van der Waals surface area contributed by atoms with Crippen LogP contribution in [0.15, 0.2) is 187 Å². The highest BCUT2D eigenvalue weighted by Crippen LogP contribution is 2.57. The zero-order valence-corrected chi connectivity index (χ0v) is 43.6. The smallest absolute Gasteiger partial charge is 0.170 e. The molecule has 2 saturated heterocycles. The predicted molar refractivity (Wildman–Crippen MR) is 300 cm³/mol. The Morgan fingerprint density at radius 1 is 0.529 bits per heavy atom. The highest BCUT2D eigenvalue weighted by atomic mass is 32.1. The first-order chi connectivity index (χ1) is 33.3. The van der Waals surface area contributed by atoms with Crippen molar-refractivity contribution in [3.8, 4) is 0 Å². The summed E-state index contributed by atoms with van der Waals surface area (Å²) in [5.74, 6) is 0. The molecule has 0 unspecified atom stereocenters. The molecule has 2 heterocycles. The summed E-state index contributed by atoms with van der Waals surface area (Å²) in [5.41, 5.74) is 13.3. The van der Waals surface area contributed by atoms with Crippen LogP contribution in [0.5, 0.6) is 0 Å². The molecule has 0 spiro atoms. The molecule has 0 saturated carbocycles. The zero-order valence-electron chi connectivity index (χ0n) is 40.2. The predicted octanol–water partition coefficient (Wildman–Crippen LogP) is 14.0. The molecule has 4 N–H and O–H groups in total. The highest BCUT2D eigenvalue weighted by molar-refractivity contribution is 7.80. The van der Waals surface area contributed by atoms with Crippen LogP contribution in [0.1, 0.15) is 87.0 Å². The van der Waals surface area contributed by atoms with Gasteiger partial charge < -0.3 is 16.4 Å². The van der Waals surface area contributed by atoms with Gasteiger partial charge in [-0.3, -0.25) is 18.7 Å². The second kappa shape index (κ2) is 28.8. The van der Waals surface area contributed by atoms with Crippen molar-refractivity contribution in [2.45, 2.75) is 64.7 Å². The molecule has 8 nitrogen and oxygen atoms in total. The van der Waals surface area contributed by atoms with Crippen LogP contribution in [0, 0.1) is 0 Å².